The van der Waals surface area contributed by atoms with Crippen molar-refractivity contribution >= 4 is 35.1 Å². The maximum atomic E-state index is 12.6. The van der Waals surface area contributed by atoms with Crippen LogP contribution in [0.4, 0.5) is 0 Å². The van der Waals surface area contributed by atoms with Gasteiger partial charge in [-0.3, -0.25) is 4.79 Å². The lowest BCUT2D eigenvalue weighted by Crippen LogP contribution is -2.42. The molecule has 3 rings (SSSR count). The van der Waals surface area contributed by atoms with Crippen molar-refractivity contribution in [3.8, 4) is 11.5 Å². The summed E-state index contributed by atoms with van der Waals surface area (Å²) in [7, 11) is 1.36. The van der Waals surface area contributed by atoms with Crippen LogP contribution in [-0.2, 0) is 14.9 Å². The van der Waals surface area contributed by atoms with Crippen LogP contribution < -0.4 is 10.1 Å². The minimum Gasteiger partial charge on any atom is -0.503 e. The molecule has 0 radical (unpaired) electrons. The number of nitrogens with zero attached hydrogens (tertiary/aromatic N) is 1. The highest BCUT2D eigenvalue weighted by Gasteiger charge is 2.51. The molecule has 1 aromatic heterocycles. The van der Waals surface area contributed by atoms with E-state index < -0.39 is 29.8 Å². The van der Waals surface area contributed by atoms with Crippen molar-refractivity contribution in [2.45, 2.75) is 44.2 Å². The van der Waals surface area contributed by atoms with Gasteiger partial charge in [-0.05, 0) is 44.4 Å². The van der Waals surface area contributed by atoms with Gasteiger partial charge in [-0.15, -0.1) is 0 Å². The predicted molar refractivity (Wildman–Crippen MR) is 112 cm³/mol. The second-order valence-electron chi connectivity index (χ2n) is 7.27. The van der Waals surface area contributed by atoms with Crippen molar-refractivity contribution in [1.82, 2.24) is 10.3 Å². The summed E-state index contributed by atoms with van der Waals surface area (Å²) in [6, 6.07) is 5.88. The number of pyridine rings is 1. The molecular weight excluding hydrogens is 431 g/mol. The number of nitrogens with one attached hydrogen (secondary N) is 1. The number of hydrogen-bond donors (Lipinski definition) is 2. The van der Waals surface area contributed by atoms with Crippen LogP contribution in [0.3, 0.4) is 0 Å². The summed E-state index contributed by atoms with van der Waals surface area (Å²) in [6.07, 6.45) is 2.60. The number of halogens is 2. The average Bonchev–Trinajstić information content (AvgIpc) is 3.52. The number of carbonyl (C=O) groups excluding carboxylic acids is 2. The molecule has 1 aromatic carbocycles. The summed E-state index contributed by atoms with van der Waals surface area (Å²) in [5.74, 6) is -1.60. The fourth-order valence-corrected chi connectivity index (χ4v) is 3.65. The summed E-state index contributed by atoms with van der Waals surface area (Å²) < 4.78 is 10.6. The molecule has 1 amide bonds. The van der Waals surface area contributed by atoms with Crippen LogP contribution in [0.1, 0.15) is 42.7 Å². The summed E-state index contributed by atoms with van der Waals surface area (Å²) in [6.45, 7) is 3.32. The minimum absolute atomic E-state index is 0.108. The second-order valence-corrected chi connectivity index (χ2v) is 8.08. The van der Waals surface area contributed by atoms with Gasteiger partial charge < -0.3 is 19.9 Å². The SMILES string of the molecule is COc1ccnc(C(=O)N[C@@H](C)C(=O)OC(C)C2(c3ccc(Cl)c(Cl)c3)CC2)c1O. The predicted octanol–water partition coefficient (Wildman–Crippen LogP) is 3.88. The summed E-state index contributed by atoms with van der Waals surface area (Å²) in [4.78, 5) is 28.8. The summed E-state index contributed by atoms with van der Waals surface area (Å²) in [5.41, 5.74) is 0.399. The zero-order valence-corrected chi connectivity index (χ0v) is 18.3. The zero-order chi connectivity index (χ0) is 22.1. The molecule has 1 fully saturated rings. The third kappa shape index (κ3) is 4.32. The van der Waals surface area contributed by atoms with Gasteiger partial charge in [0.2, 0.25) is 0 Å². The number of methoxy groups -OCH3 is 1. The number of benzene rings is 1. The Balaban J connectivity index is 1.65. The largest absolute Gasteiger partial charge is 0.503 e. The van der Waals surface area contributed by atoms with E-state index in [1.165, 1.54) is 26.3 Å². The van der Waals surface area contributed by atoms with Crippen LogP contribution in [0.5, 0.6) is 11.5 Å². The van der Waals surface area contributed by atoms with Crippen molar-refractivity contribution in [2.75, 3.05) is 7.11 Å². The third-order valence-electron chi connectivity index (χ3n) is 5.38. The Hall–Kier alpha value is -2.51. The fraction of sp³-hybridized carbons (Fsp3) is 0.381. The molecule has 1 heterocycles. The molecule has 1 aliphatic carbocycles. The topological polar surface area (TPSA) is 97.8 Å². The standard InChI is InChI=1S/C21H22Cl2N2O5/c1-11(25-19(27)17-18(26)16(29-3)6-9-24-17)20(28)30-12(2)21(7-8-21)13-4-5-14(22)15(23)10-13/h4-6,9-12,26H,7-8H2,1-3H3,(H,25,27)/t11-,12?/m0/s1. The number of esters is 1. The van der Waals surface area contributed by atoms with E-state index in [9.17, 15) is 14.7 Å². The Bertz CT molecular complexity index is 978. The molecule has 30 heavy (non-hydrogen) atoms. The van der Waals surface area contributed by atoms with Crippen LogP contribution in [0, 0.1) is 0 Å². The minimum atomic E-state index is -0.947. The number of carbonyl (C=O) groups is 2. The quantitative estimate of drug-likeness (QED) is 0.618. The first kappa shape index (κ1) is 22.2. The van der Waals surface area contributed by atoms with E-state index in [2.05, 4.69) is 10.3 Å². The molecule has 1 saturated carbocycles. The maximum absolute atomic E-state index is 12.6. The van der Waals surface area contributed by atoms with Crippen molar-refractivity contribution in [3.05, 3.63) is 51.8 Å². The summed E-state index contributed by atoms with van der Waals surface area (Å²) >= 11 is 12.1. The molecule has 2 N–H and O–H groups in total. The van der Waals surface area contributed by atoms with E-state index in [4.69, 9.17) is 32.7 Å². The Labute approximate surface area is 184 Å². The smallest absolute Gasteiger partial charge is 0.328 e. The molecule has 0 aliphatic heterocycles. The molecule has 0 bridgehead atoms. The van der Waals surface area contributed by atoms with Crippen LogP contribution >= 0.6 is 23.2 Å². The first-order valence-corrected chi connectivity index (χ1v) is 10.1. The van der Waals surface area contributed by atoms with Crippen molar-refractivity contribution < 1.29 is 24.2 Å². The van der Waals surface area contributed by atoms with Gasteiger partial charge in [0.25, 0.3) is 5.91 Å². The highest BCUT2D eigenvalue weighted by Crippen LogP contribution is 2.52. The zero-order valence-electron chi connectivity index (χ0n) is 16.7. The first-order chi connectivity index (χ1) is 14.2. The molecule has 2 aromatic rings. The monoisotopic (exact) mass is 452 g/mol. The fourth-order valence-electron chi connectivity index (χ4n) is 3.35. The molecular formula is C21H22Cl2N2O5. The highest BCUT2D eigenvalue weighted by atomic mass is 35.5. The van der Waals surface area contributed by atoms with E-state index in [1.54, 1.807) is 12.1 Å². The van der Waals surface area contributed by atoms with Crippen LogP contribution in [-0.4, -0.2) is 41.2 Å². The van der Waals surface area contributed by atoms with Crippen LogP contribution in [0.25, 0.3) is 0 Å². The van der Waals surface area contributed by atoms with Gasteiger partial charge in [-0.2, -0.15) is 0 Å². The molecule has 1 aliphatic rings. The van der Waals surface area contributed by atoms with Gasteiger partial charge in [0.1, 0.15) is 12.1 Å². The Morgan fingerprint density at radius 1 is 1.20 bits per heavy atom. The number of ether oxygens (including phenoxy) is 2. The lowest BCUT2D eigenvalue weighted by molar-refractivity contribution is -0.151. The molecule has 1 unspecified atom stereocenters. The second kappa shape index (κ2) is 8.70. The van der Waals surface area contributed by atoms with Crippen LogP contribution in [0.2, 0.25) is 10.0 Å². The lowest BCUT2D eigenvalue weighted by Gasteiger charge is -2.26. The molecule has 7 nitrogen and oxygen atoms in total. The number of aromatic hydroxyl groups is 1. The van der Waals surface area contributed by atoms with Gasteiger partial charge >= 0.3 is 5.97 Å². The van der Waals surface area contributed by atoms with Crippen molar-refractivity contribution in [1.29, 1.82) is 0 Å². The van der Waals surface area contributed by atoms with Gasteiger partial charge in [-0.1, -0.05) is 29.3 Å². The Morgan fingerprint density at radius 3 is 2.50 bits per heavy atom. The Morgan fingerprint density at radius 2 is 1.90 bits per heavy atom. The highest BCUT2D eigenvalue weighted by molar-refractivity contribution is 6.42. The number of rotatable bonds is 7. The lowest BCUT2D eigenvalue weighted by atomic mass is 9.91. The van der Waals surface area contributed by atoms with Gasteiger partial charge in [0.05, 0.1) is 17.2 Å². The van der Waals surface area contributed by atoms with Gasteiger partial charge in [0.15, 0.2) is 17.2 Å². The van der Waals surface area contributed by atoms with Crippen molar-refractivity contribution in [3.63, 3.8) is 0 Å². The normalized spacial score (nSPS) is 16.3. The Kier molecular flexibility index (Phi) is 6.43. The number of aromatic nitrogens is 1. The molecule has 9 heteroatoms. The van der Waals surface area contributed by atoms with Crippen molar-refractivity contribution in [2.24, 2.45) is 0 Å². The number of hydrogen-bond acceptors (Lipinski definition) is 6. The average molecular weight is 453 g/mol. The molecule has 160 valence electrons. The van der Waals surface area contributed by atoms with Gasteiger partial charge in [0, 0.05) is 17.7 Å². The van der Waals surface area contributed by atoms with Crippen LogP contribution in [0.15, 0.2) is 30.5 Å². The van der Waals surface area contributed by atoms with Gasteiger partial charge in [-0.25, -0.2) is 9.78 Å². The number of amides is 1. The van der Waals surface area contributed by atoms with E-state index in [0.29, 0.717) is 10.0 Å². The first-order valence-electron chi connectivity index (χ1n) is 9.38. The molecule has 0 spiro atoms. The molecule has 2 atom stereocenters. The van der Waals surface area contributed by atoms with E-state index >= 15 is 0 Å². The third-order valence-corrected chi connectivity index (χ3v) is 6.12. The maximum Gasteiger partial charge on any atom is 0.328 e. The summed E-state index contributed by atoms with van der Waals surface area (Å²) in [5, 5.41) is 13.5. The molecule has 0 saturated heterocycles. The van der Waals surface area contributed by atoms with E-state index in [-0.39, 0.29) is 16.9 Å². The van der Waals surface area contributed by atoms with E-state index in [1.807, 2.05) is 13.0 Å². The van der Waals surface area contributed by atoms with E-state index in [0.717, 1.165) is 18.4 Å².